The summed E-state index contributed by atoms with van der Waals surface area (Å²) < 4.78 is 48.4. The van der Waals surface area contributed by atoms with Crippen molar-refractivity contribution in [2.24, 2.45) is 0 Å². The molecule has 1 saturated heterocycles. The summed E-state index contributed by atoms with van der Waals surface area (Å²) in [6.07, 6.45) is -0.226. The Bertz CT molecular complexity index is 1450. The number of piperazine rings is 1. The Balaban J connectivity index is 0.00000181. The van der Waals surface area contributed by atoms with Crippen LogP contribution in [0.5, 0.6) is 5.75 Å². The highest BCUT2D eigenvalue weighted by Gasteiger charge is 2.39. The second-order valence-electron chi connectivity index (χ2n) is 9.01. The molecule has 1 aromatic carbocycles. The van der Waals surface area contributed by atoms with Crippen LogP contribution < -0.4 is 4.74 Å². The molecule has 4 heterocycles. The van der Waals surface area contributed by atoms with Crippen LogP contribution in [0.4, 0.5) is 13.2 Å². The molecule has 0 saturated carbocycles. The molecular formula is C27H30F3N7O3. The standard InChI is InChI=1S/C25H26F3N7O3.C2H4/c1-15-21(16-3-5-18(38-2)6-4-16)32-23-19(13-31-35(23)22(15)25(26,27)28)24(37)34-9-7-33(8-10-34)20(14-36)17-11-29-30-12-17;1-2/h3-6,11-13,20,36H,7-10,14H2,1-2H3,(H,29,30);1-2H2/t20-;/m1./s1. The van der Waals surface area contributed by atoms with Crippen LogP contribution in [0, 0.1) is 6.92 Å². The Labute approximate surface area is 228 Å². The number of aromatic nitrogens is 5. The number of nitrogens with zero attached hydrogens (tertiary/aromatic N) is 6. The first-order valence-electron chi connectivity index (χ1n) is 12.5. The number of benzene rings is 1. The van der Waals surface area contributed by atoms with Gasteiger partial charge in [0.25, 0.3) is 5.91 Å². The summed E-state index contributed by atoms with van der Waals surface area (Å²) in [5, 5.41) is 20.5. The third-order valence-corrected chi connectivity index (χ3v) is 6.87. The van der Waals surface area contributed by atoms with E-state index in [2.05, 4.69) is 33.4 Å². The van der Waals surface area contributed by atoms with Gasteiger partial charge in [-0.3, -0.25) is 14.8 Å². The summed E-state index contributed by atoms with van der Waals surface area (Å²) in [7, 11) is 1.50. The van der Waals surface area contributed by atoms with Gasteiger partial charge in [-0.1, -0.05) is 0 Å². The van der Waals surface area contributed by atoms with E-state index in [9.17, 15) is 23.1 Å². The third kappa shape index (κ3) is 5.42. The van der Waals surface area contributed by atoms with E-state index in [1.54, 1.807) is 41.6 Å². The van der Waals surface area contributed by atoms with Crippen molar-refractivity contribution >= 4 is 11.6 Å². The summed E-state index contributed by atoms with van der Waals surface area (Å²) in [5.41, 5.74) is 0.153. The number of amides is 1. The quantitative estimate of drug-likeness (QED) is 0.348. The third-order valence-electron chi connectivity index (χ3n) is 6.87. The van der Waals surface area contributed by atoms with Crippen LogP contribution in [0.25, 0.3) is 16.9 Å². The molecule has 1 amide bonds. The number of aliphatic hydroxyl groups excluding tert-OH is 1. The minimum atomic E-state index is -4.73. The molecule has 212 valence electrons. The number of carbonyl (C=O) groups excluding carboxylic acids is 1. The fourth-order valence-electron chi connectivity index (χ4n) is 4.87. The lowest BCUT2D eigenvalue weighted by atomic mass is 10.0. The molecule has 4 aromatic rings. The second kappa shape index (κ2) is 11.9. The van der Waals surface area contributed by atoms with Crippen molar-refractivity contribution in [3.8, 4) is 17.0 Å². The number of rotatable bonds is 6. The number of hydrogen-bond acceptors (Lipinski definition) is 7. The smallest absolute Gasteiger partial charge is 0.433 e. The molecule has 0 aliphatic carbocycles. The number of fused-ring (bicyclic) bond motifs is 1. The number of H-pyrrole nitrogens is 1. The topological polar surface area (TPSA) is 112 Å². The molecule has 2 N–H and O–H groups in total. The largest absolute Gasteiger partial charge is 0.497 e. The SMILES string of the molecule is C=C.COc1ccc(-c2nc3c(C(=O)N4CCN([C@H](CO)c5cn[nH]c5)CC4)cnn3c(C(F)(F)F)c2C)cc1. The average Bonchev–Trinajstić information content (AvgIpc) is 3.64. The summed E-state index contributed by atoms with van der Waals surface area (Å²) in [6, 6.07) is 6.26. The van der Waals surface area contributed by atoms with Gasteiger partial charge in [-0.05, 0) is 31.2 Å². The van der Waals surface area contributed by atoms with Crippen molar-refractivity contribution in [2.75, 3.05) is 39.9 Å². The summed E-state index contributed by atoms with van der Waals surface area (Å²) in [4.78, 5) is 21.6. The Hall–Kier alpha value is -4.23. The van der Waals surface area contributed by atoms with Gasteiger partial charge >= 0.3 is 6.18 Å². The van der Waals surface area contributed by atoms with Crippen molar-refractivity contribution in [1.82, 2.24) is 34.6 Å². The number of aromatic amines is 1. The van der Waals surface area contributed by atoms with Gasteiger partial charge in [0.1, 0.15) is 11.3 Å². The first kappa shape index (κ1) is 28.8. The van der Waals surface area contributed by atoms with Gasteiger partial charge in [0.15, 0.2) is 11.3 Å². The first-order chi connectivity index (χ1) is 19.2. The van der Waals surface area contributed by atoms with E-state index in [-0.39, 0.29) is 35.1 Å². The van der Waals surface area contributed by atoms with Gasteiger partial charge in [-0.15, -0.1) is 13.2 Å². The molecule has 1 atom stereocenters. The molecule has 1 fully saturated rings. The molecule has 0 bridgehead atoms. The molecular weight excluding hydrogens is 527 g/mol. The molecule has 0 unspecified atom stereocenters. The number of halogens is 3. The molecule has 40 heavy (non-hydrogen) atoms. The maximum atomic E-state index is 14.2. The number of ether oxygens (including phenoxy) is 1. The van der Waals surface area contributed by atoms with Crippen LogP contribution in [0.2, 0.25) is 0 Å². The number of hydrogen-bond donors (Lipinski definition) is 2. The van der Waals surface area contributed by atoms with Gasteiger partial charge in [0, 0.05) is 49.1 Å². The molecule has 0 spiro atoms. The maximum Gasteiger partial charge on any atom is 0.433 e. The van der Waals surface area contributed by atoms with Gasteiger partial charge in [0.2, 0.25) is 0 Å². The molecule has 10 nitrogen and oxygen atoms in total. The fraction of sp³-hybridized carbons (Fsp3) is 0.333. The highest BCUT2D eigenvalue weighted by atomic mass is 19.4. The Morgan fingerprint density at radius 2 is 1.82 bits per heavy atom. The van der Waals surface area contributed by atoms with Crippen molar-refractivity contribution in [3.63, 3.8) is 0 Å². The summed E-state index contributed by atoms with van der Waals surface area (Å²) in [6.45, 7) is 8.83. The molecule has 13 heteroatoms. The van der Waals surface area contributed by atoms with Crippen LogP contribution in [0.15, 0.2) is 56.0 Å². The number of nitrogens with one attached hydrogen (secondary N) is 1. The van der Waals surface area contributed by atoms with E-state index in [0.717, 1.165) is 11.8 Å². The van der Waals surface area contributed by atoms with E-state index in [4.69, 9.17) is 4.74 Å². The molecule has 5 rings (SSSR count). The van der Waals surface area contributed by atoms with E-state index in [1.807, 2.05) is 4.90 Å². The zero-order valence-electron chi connectivity index (χ0n) is 22.1. The monoisotopic (exact) mass is 557 g/mol. The number of aliphatic hydroxyl groups is 1. The van der Waals surface area contributed by atoms with E-state index in [1.165, 1.54) is 14.0 Å². The van der Waals surface area contributed by atoms with E-state index in [0.29, 0.717) is 42.0 Å². The van der Waals surface area contributed by atoms with Crippen LogP contribution in [-0.4, -0.2) is 85.5 Å². The van der Waals surface area contributed by atoms with Crippen LogP contribution in [0.1, 0.15) is 33.2 Å². The van der Waals surface area contributed by atoms with Crippen molar-refractivity contribution < 1.29 is 27.8 Å². The minimum Gasteiger partial charge on any atom is -0.497 e. The average molecular weight is 558 g/mol. The molecule has 0 radical (unpaired) electrons. The molecule has 1 aliphatic rings. The van der Waals surface area contributed by atoms with E-state index >= 15 is 0 Å². The number of methoxy groups -OCH3 is 1. The highest BCUT2D eigenvalue weighted by Crippen LogP contribution is 2.37. The Morgan fingerprint density at radius 1 is 1.15 bits per heavy atom. The first-order valence-corrected chi connectivity index (χ1v) is 12.5. The predicted molar refractivity (Wildman–Crippen MR) is 142 cm³/mol. The normalized spacial score (nSPS) is 15.0. The van der Waals surface area contributed by atoms with Gasteiger partial charge in [0.05, 0.1) is 37.8 Å². The molecule has 1 aliphatic heterocycles. The van der Waals surface area contributed by atoms with Crippen LogP contribution in [-0.2, 0) is 6.18 Å². The fourth-order valence-corrected chi connectivity index (χ4v) is 4.87. The van der Waals surface area contributed by atoms with Gasteiger partial charge in [-0.2, -0.15) is 23.4 Å². The lowest BCUT2D eigenvalue weighted by Gasteiger charge is -2.38. The lowest BCUT2D eigenvalue weighted by Crippen LogP contribution is -2.50. The predicted octanol–water partition coefficient (Wildman–Crippen LogP) is 3.75. The number of alkyl halides is 3. The Morgan fingerprint density at radius 3 is 2.38 bits per heavy atom. The molecule has 3 aromatic heterocycles. The van der Waals surface area contributed by atoms with Crippen molar-refractivity contribution in [2.45, 2.75) is 19.1 Å². The lowest BCUT2D eigenvalue weighted by molar-refractivity contribution is -0.143. The number of carbonyl (C=O) groups is 1. The summed E-state index contributed by atoms with van der Waals surface area (Å²) >= 11 is 0. The van der Waals surface area contributed by atoms with E-state index < -0.39 is 17.8 Å². The second-order valence-corrected chi connectivity index (χ2v) is 9.01. The zero-order chi connectivity index (χ0) is 29.0. The van der Waals surface area contributed by atoms with Gasteiger partial charge < -0.3 is 14.7 Å². The zero-order valence-corrected chi connectivity index (χ0v) is 22.1. The van der Waals surface area contributed by atoms with Crippen molar-refractivity contribution in [3.05, 3.63) is 78.4 Å². The summed E-state index contributed by atoms with van der Waals surface area (Å²) in [5.74, 6) is 0.104. The van der Waals surface area contributed by atoms with Crippen LogP contribution in [0.3, 0.4) is 0 Å². The van der Waals surface area contributed by atoms with Crippen LogP contribution >= 0.6 is 0 Å². The minimum absolute atomic E-state index is 0.00717. The van der Waals surface area contributed by atoms with Gasteiger partial charge in [-0.25, -0.2) is 9.50 Å². The maximum absolute atomic E-state index is 14.2. The van der Waals surface area contributed by atoms with Crippen molar-refractivity contribution in [1.29, 1.82) is 0 Å². The highest BCUT2D eigenvalue weighted by molar-refractivity contribution is 6.00. The Kier molecular flexibility index (Phi) is 8.55.